The van der Waals surface area contributed by atoms with Crippen LogP contribution >= 0.6 is 0 Å². The van der Waals surface area contributed by atoms with Crippen molar-refractivity contribution in [2.75, 3.05) is 11.5 Å². The van der Waals surface area contributed by atoms with Crippen molar-refractivity contribution in [3.63, 3.8) is 0 Å². The molecule has 0 bridgehead atoms. The number of rotatable bonds is 1. The zero-order chi connectivity index (χ0) is 10.9. The SMILES string of the molecule is Nc1cc(F)c(OC(F)(F)F)cc1N. The van der Waals surface area contributed by atoms with E-state index in [2.05, 4.69) is 4.74 Å². The lowest BCUT2D eigenvalue weighted by atomic mass is 10.2. The van der Waals surface area contributed by atoms with Crippen molar-refractivity contribution in [3.05, 3.63) is 17.9 Å². The number of hydrogen-bond donors (Lipinski definition) is 2. The van der Waals surface area contributed by atoms with Gasteiger partial charge >= 0.3 is 6.36 Å². The molecule has 0 aromatic heterocycles. The van der Waals surface area contributed by atoms with E-state index >= 15 is 0 Å². The van der Waals surface area contributed by atoms with Gasteiger partial charge in [-0.1, -0.05) is 0 Å². The second kappa shape index (κ2) is 3.24. The number of benzene rings is 1. The molecule has 0 aliphatic rings. The minimum Gasteiger partial charge on any atom is -0.403 e. The summed E-state index contributed by atoms with van der Waals surface area (Å²) in [6.07, 6.45) is -4.95. The van der Waals surface area contributed by atoms with Crippen LogP contribution in [-0.2, 0) is 0 Å². The minimum atomic E-state index is -4.95. The number of hydrogen-bond acceptors (Lipinski definition) is 3. The van der Waals surface area contributed by atoms with E-state index in [0.29, 0.717) is 12.1 Å². The molecule has 1 rings (SSSR count). The molecule has 0 saturated heterocycles. The summed E-state index contributed by atoms with van der Waals surface area (Å²) in [6, 6.07) is 1.34. The van der Waals surface area contributed by atoms with Crippen LogP contribution in [0.4, 0.5) is 28.9 Å². The van der Waals surface area contributed by atoms with Crippen LogP contribution in [0.2, 0.25) is 0 Å². The van der Waals surface area contributed by atoms with E-state index in [0.717, 1.165) is 0 Å². The molecule has 0 saturated carbocycles. The van der Waals surface area contributed by atoms with Gasteiger partial charge in [0.15, 0.2) is 11.6 Å². The summed E-state index contributed by atoms with van der Waals surface area (Å²) in [5, 5.41) is 0. The largest absolute Gasteiger partial charge is 0.573 e. The molecular formula is C7H6F4N2O. The standard InChI is InChI=1S/C7H6F4N2O/c8-3-1-4(12)5(13)2-6(3)14-7(9,10)11/h1-2H,12-13H2. The van der Waals surface area contributed by atoms with Crippen molar-refractivity contribution in [1.82, 2.24) is 0 Å². The third-order valence-corrected chi connectivity index (χ3v) is 1.36. The number of halogens is 4. The quantitative estimate of drug-likeness (QED) is 0.549. The Balaban J connectivity index is 3.04. The highest BCUT2D eigenvalue weighted by Gasteiger charge is 2.32. The van der Waals surface area contributed by atoms with Crippen LogP contribution in [-0.4, -0.2) is 6.36 Å². The molecule has 0 heterocycles. The molecule has 0 spiro atoms. The van der Waals surface area contributed by atoms with Gasteiger partial charge in [0.1, 0.15) is 0 Å². The van der Waals surface area contributed by atoms with Gasteiger partial charge in [0.05, 0.1) is 11.4 Å². The molecule has 14 heavy (non-hydrogen) atoms. The summed E-state index contributed by atoms with van der Waals surface area (Å²) in [5.41, 5.74) is 10.0. The van der Waals surface area contributed by atoms with Crippen LogP contribution in [0.5, 0.6) is 5.75 Å². The molecule has 0 aliphatic carbocycles. The van der Waals surface area contributed by atoms with Crippen LogP contribution in [0.3, 0.4) is 0 Å². The number of ether oxygens (including phenoxy) is 1. The van der Waals surface area contributed by atoms with Crippen molar-refractivity contribution in [2.24, 2.45) is 0 Å². The van der Waals surface area contributed by atoms with Gasteiger partial charge in [-0.25, -0.2) is 4.39 Å². The Hall–Kier alpha value is -1.66. The minimum absolute atomic E-state index is 0.142. The number of nitrogens with two attached hydrogens (primary N) is 2. The fourth-order valence-corrected chi connectivity index (χ4v) is 0.787. The number of alkyl halides is 3. The third-order valence-electron chi connectivity index (χ3n) is 1.36. The number of anilines is 2. The van der Waals surface area contributed by atoms with Crippen LogP contribution < -0.4 is 16.2 Å². The summed E-state index contributed by atoms with van der Waals surface area (Å²) >= 11 is 0. The zero-order valence-corrected chi connectivity index (χ0v) is 6.73. The first-order valence-corrected chi connectivity index (χ1v) is 3.40. The van der Waals surface area contributed by atoms with Gasteiger partial charge in [-0.05, 0) is 0 Å². The van der Waals surface area contributed by atoms with Gasteiger partial charge < -0.3 is 16.2 Å². The maximum absolute atomic E-state index is 12.8. The highest BCUT2D eigenvalue weighted by atomic mass is 19.4. The van der Waals surface area contributed by atoms with Crippen molar-refractivity contribution in [2.45, 2.75) is 6.36 Å². The molecule has 0 amide bonds. The molecule has 7 heteroatoms. The lowest BCUT2D eigenvalue weighted by molar-refractivity contribution is -0.275. The van der Waals surface area contributed by atoms with Gasteiger partial charge in [-0.15, -0.1) is 13.2 Å². The van der Waals surface area contributed by atoms with E-state index in [1.807, 2.05) is 0 Å². The molecule has 4 N–H and O–H groups in total. The van der Waals surface area contributed by atoms with Crippen molar-refractivity contribution in [3.8, 4) is 5.75 Å². The van der Waals surface area contributed by atoms with Gasteiger partial charge in [0.2, 0.25) is 0 Å². The monoisotopic (exact) mass is 210 g/mol. The Morgan fingerprint density at radius 2 is 1.57 bits per heavy atom. The fourth-order valence-electron chi connectivity index (χ4n) is 0.787. The van der Waals surface area contributed by atoms with Crippen molar-refractivity contribution < 1.29 is 22.3 Å². The molecule has 0 radical (unpaired) electrons. The van der Waals surface area contributed by atoms with Crippen molar-refractivity contribution in [1.29, 1.82) is 0 Å². The number of nitrogen functional groups attached to an aromatic ring is 2. The van der Waals surface area contributed by atoms with Gasteiger partial charge in [-0.2, -0.15) is 0 Å². The highest BCUT2D eigenvalue weighted by Crippen LogP contribution is 2.30. The Labute approximate surface area is 76.3 Å². The normalized spacial score (nSPS) is 11.4. The van der Waals surface area contributed by atoms with E-state index in [1.165, 1.54) is 0 Å². The first-order chi connectivity index (χ1) is 6.29. The molecule has 3 nitrogen and oxygen atoms in total. The van der Waals surface area contributed by atoms with E-state index < -0.39 is 17.9 Å². The van der Waals surface area contributed by atoms with Crippen LogP contribution in [0.25, 0.3) is 0 Å². The Bertz CT molecular complexity index is 350. The lowest BCUT2D eigenvalue weighted by Gasteiger charge is -2.10. The van der Waals surface area contributed by atoms with E-state index in [4.69, 9.17) is 11.5 Å². The summed E-state index contributed by atoms with van der Waals surface area (Å²) in [6.45, 7) is 0. The predicted molar refractivity (Wildman–Crippen MR) is 41.9 cm³/mol. The summed E-state index contributed by atoms with van der Waals surface area (Å²) in [7, 11) is 0. The van der Waals surface area contributed by atoms with Crippen molar-refractivity contribution >= 4 is 11.4 Å². The van der Waals surface area contributed by atoms with E-state index in [-0.39, 0.29) is 11.4 Å². The maximum atomic E-state index is 12.8. The molecule has 78 valence electrons. The topological polar surface area (TPSA) is 61.3 Å². The molecule has 0 atom stereocenters. The van der Waals surface area contributed by atoms with E-state index in [1.54, 1.807) is 0 Å². The van der Waals surface area contributed by atoms with Crippen LogP contribution in [0, 0.1) is 5.82 Å². The molecule has 0 aliphatic heterocycles. The van der Waals surface area contributed by atoms with Gasteiger partial charge in [-0.3, -0.25) is 0 Å². The Kier molecular flexibility index (Phi) is 2.41. The summed E-state index contributed by atoms with van der Waals surface area (Å²) in [4.78, 5) is 0. The fraction of sp³-hybridized carbons (Fsp3) is 0.143. The second-order valence-corrected chi connectivity index (χ2v) is 2.46. The molecule has 0 unspecified atom stereocenters. The third kappa shape index (κ3) is 2.41. The van der Waals surface area contributed by atoms with Gasteiger partial charge in [0, 0.05) is 12.1 Å². The average Bonchev–Trinajstić information content (AvgIpc) is 1.97. The average molecular weight is 210 g/mol. The Morgan fingerprint density at radius 3 is 2.07 bits per heavy atom. The molecule has 1 aromatic rings. The molecule has 1 aromatic carbocycles. The van der Waals surface area contributed by atoms with Gasteiger partial charge in [0.25, 0.3) is 0 Å². The molecular weight excluding hydrogens is 204 g/mol. The first kappa shape index (κ1) is 10.4. The molecule has 0 fully saturated rings. The van der Waals surface area contributed by atoms with Crippen LogP contribution in [0.15, 0.2) is 12.1 Å². The lowest BCUT2D eigenvalue weighted by Crippen LogP contribution is -2.18. The van der Waals surface area contributed by atoms with E-state index in [9.17, 15) is 17.6 Å². The smallest absolute Gasteiger partial charge is 0.403 e. The predicted octanol–water partition coefficient (Wildman–Crippen LogP) is 1.89. The second-order valence-electron chi connectivity index (χ2n) is 2.46. The summed E-state index contributed by atoms with van der Waals surface area (Å²) in [5.74, 6) is -2.21. The van der Waals surface area contributed by atoms with Crippen LogP contribution in [0.1, 0.15) is 0 Å². The first-order valence-electron chi connectivity index (χ1n) is 3.40. The zero-order valence-electron chi connectivity index (χ0n) is 6.73. The highest BCUT2D eigenvalue weighted by molar-refractivity contribution is 5.65. The summed E-state index contributed by atoms with van der Waals surface area (Å²) < 4.78 is 51.2. The Morgan fingerprint density at radius 1 is 1.07 bits per heavy atom. The maximum Gasteiger partial charge on any atom is 0.573 e.